The molecule has 2 saturated heterocycles. The molecule has 57 heavy (non-hydrogen) atoms. The number of allylic oxidation sites excluding steroid dienone is 1. The maximum Gasteiger partial charge on any atom is 0.339 e. The van der Waals surface area contributed by atoms with Gasteiger partial charge in [0.15, 0.2) is 5.79 Å². The highest BCUT2D eigenvalue weighted by molar-refractivity contribution is 5.98. The molecule has 2 amide bonds. The maximum atomic E-state index is 14.4. The molecule has 11 heteroatoms. The van der Waals surface area contributed by atoms with Gasteiger partial charge in [0, 0.05) is 31.4 Å². The number of esters is 1. The van der Waals surface area contributed by atoms with E-state index in [9.17, 15) is 24.6 Å². The van der Waals surface area contributed by atoms with Crippen molar-refractivity contribution in [3.8, 4) is 0 Å². The van der Waals surface area contributed by atoms with E-state index in [4.69, 9.17) is 18.9 Å². The summed E-state index contributed by atoms with van der Waals surface area (Å²) < 4.78 is 26.3. The van der Waals surface area contributed by atoms with Gasteiger partial charge < -0.3 is 39.8 Å². The van der Waals surface area contributed by atoms with Crippen LogP contribution in [-0.2, 0) is 28.5 Å². The van der Waals surface area contributed by atoms with Crippen molar-refractivity contribution >= 4 is 23.9 Å². The number of aliphatic hydroxyl groups is 2. The zero-order valence-electron chi connectivity index (χ0n) is 35.1. The predicted molar refractivity (Wildman–Crippen MR) is 218 cm³/mol. The van der Waals surface area contributed by atoms with Crippen LogP contribution in [0.3, 0.4) is 0 Å². The largest absolute Gasteiger partial charge is 0.456 e. The third kappa shape index (κ3) is 10.0. The molecule has 2 aliphatic heterocycles. The van der Waals surface area contributed by atoms with Gasteiger partial charge in [0.05, 0.1) is 30.0 Å². The lowest BCUT2D eigenvalue weighted by Gasteiger charge is -2.53. The molecule has 9 unspecified atom stereocenters. The number of amides is 2. The molecular formula is C46H68N2O9. The smallest absolute Gasteiger partial charge is 0.339 e. The highest BCUT2D eigenvalue weighted by atomic mass is 16.8. The van der Waals surface area contributed by atoms with Crippen LogP contribution in [0.15, 0.2) is 41.5 Å². The Morgan fingerprint density at radius 3 is 2.39 bits per heavy atom. The number of epoxide rings is 1. The van der Waals surface area contributed by atoms with Gasteiger partial charge in [-0.2, -0.15) is 0 Å². The molecule has 5 aliphatic rings. The summed E-state index contributed by atoms with van der Waals surface area (Å²) in [5.41, 5.74) is 3.15. The van der Waals surface area contributed by atoms with E-state index < -0.39 is 54.0 Å². The molecular weight excluding hydrogens is 725 g/mol. The number of nitrogens with one attached hydrogen (secondary N) is 2. The normalized spacial score (nSPS) is 31.4. The first kappa shape index (κ1) is 43.5. The van der Waals surface area contributed by atoms with Crippen molar-refractivity contribution in [1.29, 1.82) is 0 Å². The molecule has 1 aromatic rings. The lowest BCUT2D eigenvalue weighted by molar-refractivity contribution is -0.190. The molecule has 4 N–H and O–H groups in total. The Morgan fingerprint density at radius 1 is 1.00 bits per heavy atom. The Morgan fingerprint density at radius 2 is 1.72 bits per heavy atom. The molecule has 9 atom stereocenters. The Labute approximate surface area is 339 Å². The number of carbonyl (C=O) groups excluding carboxylic acids is 3. The Hall–Kier alpha value is -3.09. The average Bonchev–Trinajstić information content (AvgIpc) is 3.65. The van der Waals surface area contributed by atoms with Gasteiger partial charge in [0.1, 0.15) is 24.4 Å². The number of ether oxygens (including phenoxy) is 4. The quantitative estimate of drug-likeness (QED) is 0.0747. The van der Waals surface area contributed by atoms with Gasteiger partial charge in [-0.25, -0.2) is 4.79 Å². The van der Waals surface area contributed by atoms with Crippen molar-refractivity contribution in [3.05, 3.63) is 52.6 Å². The molecule has 1 aromatic carbocycles. The van der Waals surface area contributed by atoms with Crippen LogP contribution in [0.2, 0.25) is 0 Å². The number of hydrogen-bond acceptors (Lipinski definition) is 9. The molecule has 11 nitrogen and oxygen atoms in total. The third-order valence-electron chi connectivity index (χ3n) is 13.4. The molecule has 0 bridgehead atoms. The van der Waals surface area contributed by atoms with E-state index in [0.29, 0.717) is 30.2 Å². The summed E-state index contributed by atoms with van der Waals surface area (Å²) in [4.78, 5) is 41.2. The minimum Gasteiger partial charge on any atom is -0.456 e. The first-order valence-electron chi connectivity index (χ1n) is 21.8. The lowest BCUT2D eigenvalue weighted by atomic mass is 9.52. The van der Waals surface area contributed by atoms with Crippen molar-refractivity contribution in [1.82, 2.24) is 10.6 Å². The van der Waals surface area contributed by atoms with Crippen LogP contribution in [0.5, 0.6) is 0 Å². The monoisotopic (exact) mass is 792 g/mol. The van der Waals surface area contributed by atoms with E-state index in [-0.39, 0.29) is 42.3 Å². The van der Waals surface area contributed by atoms with Gasteiger partial charge in [-0.15, -0.1) is 0 Å². The van der Waals surface area contributed by atoms with Crippen LogP contribution in [0.4, 0.5) is 0 Å². The topological polar surface area (TPSA) is 156 Å². The Kier molecular flexibility index (Phi) is 14.1. The second-order valence-electron chi connectivity index (χ2n) is 18.2. The SMILES string of the molecule is CCCCCC1(CCCCC)OC2C=C(C(=O)NC(C(=O)NCCO)C(C)O)CC(OC(=O)c3ccccc3C=C3CCC4OC4(C)CCC4C3CC4(C)C)C2O1. The van der Waals surface area contributed by atoms with Gasteiger partial charge in [-0.05, 0) is 93.7 Å². The number of carbonyl (C=O) groups is 3. The molecule has 2 heterocycles. The zero-order chi connectivity index (χ0) is 41.0. The minimum absolute atomic E-state index is 0.0164. The van der Waals surface area contributed by atoms with Crippen LogP contribution in [0.1, 0.15) is 147 Å². The fraction of sp³-hybridized carbons (Fsp3) is 0.717. The van der Waals surface area contributed by atoms with Crippen LogP contribution in [-0.4, -0.2) is 89.1 Å². The molecule has 316 valence electrons. The van der Waals surface area contributed by atoms with Gasteiger partial charge in [0.25, 0.3) is 0 Å². The lowest BCUT2D eigenvalue weighted by Crippen LogP contribution is -2.54. The maximum absolute atomic E-state index is 14.4. The van der Waals surface area contributed by atoms with Crippen molar-refractivity contribution in [3.63, 3.8) is 0 Å². The number of rotatable bonds is 17. The van der Waals surface area contributed by atoms with Gasteiger partial charge in [0.2, 0.25) is 11.8 Å². The Bertz CT molecular complexity index is 1640. The molecule has 0 radical (unpaired) electrons. The summed E-state index contributed by atoms with van der Waals surface area (Å²) in [6.45, 7) is 12.4. The van der Waals surface area contributed by atoms with Crippen LogP contribution < -0.4 is 10.6 Å². The zero-order valence-corrected chi connectivity index (χ0v) is 35.1. The molecule has 0 aromatic heterocycles. The van der Waals surface area contributed by atoms with Gasteiger partial charge >= 0.3 is 5.97 Å². The number of unbranched alkanes of at least 4 members (excludes halogenated alkanes) is 4. The fourth-order valence-corrected chi connectivity index (χ4v) is 9.94. The molecule has 0 spiro atoms. The number of hydrogen-bond donors (Lipinski definition) is 4. The van der Waals surface area contributed by atoms with E-state index >= 15 is 0 Å². The second-order valence-corrected chi connectivity index (χ2v) is 18.2. The van der Waals surface area contributed by atoms with Crippen molar-refractivity contribution < 1.29 is 43.5 Å². The van der Waals surface area contributed by atoms with Crippen LogP contribution in [0, 0.1) is 17.3 Å². The fourth-order valence-electron chi connectivity index (χ4n) is 9.94. The van der Waals surface area contributed by atoms with Gasteiger partial charge in [-0.3, -0.25) is 9.59 Å². The van der Waals surface area contributed by atoms with Crippen molar-refractivity contribution in [2.75, 3.05) is 13.2 Å². The summed E-state index contributed by atoms with van der Waals surface area (Å²) in [5, 5.41) is 24.9. The highest BCUT2D eigenvalue weighted by Crippen LogP contribution is 2.60. The Balaban J connectivity index is 1.27. The molecule has 3 aliphatic carbocycles. The third-order valence-corrected chi connectivity index (χ3v) is 13.4. The van der Waals surface area contributed by atoms with Gasteiger partial charge in [-0.1, -0.05) is 83.2 Å². The van der Waals surface area contributed by atoms with Crippen molar-refractivity contribution in [2.24, 2.45) is 17.3 Å². The molecule has 6 rings (SSSR count). The summed E-state index contributed by atoms with van der Waals surface area (Å²) in [6.07, 6.45) is 13.4. The molecule has 2 saturated carbocycles. The highest BCUT2D eigenvalue weighted by Gasteiger charge is 2.56. The van der Waals surface area contributed by atoms with E-state index in [0.717, 1.165) is 76.2 Å². The number of benzene rings is 1. The molecule has 4 fully saturated rings. The summed E-state index contributed by atoms with van der Waals surface area (Å²) >= 11 is 0. The summed E-state index contributed by atoms with van der Waals surface area (Å²) in [6, 6.07) is 6.33. The standard InChI is InChI=1S/C46H68N2O9/c1-7-9-13-20-46(21-14-10-8-2)55-37-27-32(41(51)48-39(29(3)50)42(52)47-23-24-49)26-36(40(37)57-46)54-43(53)33-16-12-11-15-30(33)25-31-17-18-38-45(6,56-38)22-19-35-34(31)28-44(35,4)5/h11-12,15-16,25,27,29,34-40,49-50H,7-10,13-14,17-24,26,28H2,1-6H3,(H,47,52)(H,48,51). The average molecular weight is 793 g/mol. The first-order valence-corrected chi connectivity index (χ1v) is 21.8. The minimum atomic E-state index is -1.26. The predicted octanol–water partition coefficient (Wildman–Crippen LogP) is 6.93. The summed E-state index contributed by atoms with van der Waals surface area (Å²) in [5.74, 6) is -1.55. The van der Waals surface area contributed by atoms with E-state index in [1.165, 1.54) is 12.5 Å². The first-order chi connectivity index (χ1) is 27.2. The van der Waals surface area contributed by atoms with E-state index in [1.54, 1.807) is 12.1 Å². The number of fused-ring (bicyclic) bond motifs is 3. The van der Waals surface area contributed by atoms with Crippen LogP contribution >= 0.6 is 0 Å². The van der Waals surface area contributed by atoms with Crippen molar-refractivity contribution in [2.45, 2.75) is 179 Å². The van der Waals surface area contributed by atoms with E-state index in [1.807, 2.05) is 18.2 Å². The van der Waals surface area contributed by atoms with Crippen LogP contribution in [0.25, 0.3) is 6.08 Å². The van der Waals surface area contributed by atoms with E-state index in [2.05, 4.69) is 51.3 Å². The summed E-state index contributed by atoms with van der Waals surface area (Å²) in [7, 11) is 0. The number of aliphatic hydroxyl groups excluding tert-OH is 2. The second kappa shape index (κ2) is 18.4.